The summed E-state index contributed by atoms with van der Waals surface area (Å²) in [4.78, 5) is 0. The van der Waals surface area contributed by atoms with E-state index >= 15 is 0 Å². The lowest BCUT2D eigenvalue weighted by atomic mass is 9.84. The van der Waals surface area contributed by atoms with Crippen molar-refractivity contribution in [2.75, 3.05) is 6.61 Å². The highest BCUT2D eigenvalue weighted by Crippen LogP contribution is 2.29. The number of aliphatic hydroxyl groups excluding tert-OH is 9. The molecule has 0 amide bonds. The van der Waals surface area contributed by atoms with E-state index in [1.165, 1.54) is 0 Å². The number of aliphatic hydroxyl groups is 9. The third kappa shape index (κ3) is 3.36. The molecule has 2 aliphatic rings. The molecule has 11 nitrogen and oxygen atoms in total. The summed E-state index contributed by atoms with van der Waals surface area (Å²) in [5, 5.41) is 86.6. The van der Waals surface area contributed by atoms with E-state index in [9.17, 15) is 40.9 Å². The van der Waals surface area contributed by atoms with Crippen LogP contribution in [0.1, 0.15) is 0 Å². The summed E-state index contributed by atoms with van der Waals surface area (Å²) in [6.07, 6.45) is -18.9. The lowest BCUT2D eigenvalue weighted by molar-refractivity contribution is -0.339. The first-order valence-corrected chi connectivity index (χ1v) is 7.07. The van der Waals surface area contributed by atoms with Gasteiger partial charge in [-0.1, -0.05) is 0 Å². The Kier molecular flexibility index (Phi) is 5.92. The van der Waals surface area contributed by atoms with Gasteiger partial charge in [-0.25, -0.2) is 0 Å². The molecule has 0 radical (unpaired) electrons. The van der Waals surface area contributed by atoms with E-state index < -0.39 is 73.9 Å². The fraction of sp³-hybridized carbons (Fsp3) is 1.00. The zero-order chi connectivity index (χ0) is 17.5. The summed E-state index contributed by atoms with van der Waals surface area (Å²) in [5.74, 6) is 0. The van der Waals surface area contributed by atoms with Gasteiger partial charge in [0.25, 0.3) is 0 Å². The average molecular weight is 342 g/mol. The van der Waals surface area contributed by atoms with Crippen LogP contribution in [0.5, 0.6) is 0 Å². The summed E-state index contributed by atoms with van der Waals surface area (Å²) < 4.78 is 10.2. The maximum atomic E-state index is 9.85. The maximum absolute atomic E-state index is 9.85. The Hall–Kier alpha value is -0.440. The van der Waals surface area contributed by atoms with Crippen molar-refractivity contribution in [3.05, 3.63) is 0 Å². The second-order valence-corrected chi connectivity index (χ2v) is 5.75. The van der Waals surface area contributed by atoms with Crippen LogP contribution < -0.4 is 0 Å². The van der Waals surface area contributed by atoms with Crippen LogP contribution in [0.4, 0.5) is 0 Å². The van der Waals surface area contributed by atoms with Crippen molar-refractivity contribution in [3.8, 4) is 0 Å². The molecule has 0 spiro atoms. The van der Waals surface area contributed by atoms with E-state index in [0.29, 0.717) is 0 Å². The zero-order valence-corrected chi connectivity index (χ0v) is 11.9. The van der Waals surface area contributed by atoms with Crippen LogP contribution in [0, 0.1) is 0 Å². The molecule has 0 aromatic heterocycles. The third-order valence-electron chi connectivity index (χ3n) is 4.21. The minimum atomic E-state index is -1.83. The Bertz CT molecular complexity index is 377. The van der Waals surface area contributed by atoms with Crippen LogP contribution in [-0.4, -0.2) is 120 Å². The van der Waals surface area contributed by atoms with Crippen molar-refractivity contribution >= 4 is 0 Å². The second-order valence-electron chi connectivity index (χ2n) is 5.75. The van der Waals surface area contributed by atoms with Gasteiger partial charge in [-0.15, -0.1) is 0 Å². The van der Waals surface area contributed by atoms with Gasteiger partial charge < -0.3 is 55.4 Å². The minimum Gasteiger partial charge on any atom is -0.394 e. The molecule has 1 aliphatic carbocycles. The first-order valence-electron chi connectivity index (χ1n) is 7.07. The van der Waals surface area contributed by atoms with E-state index in [0.717, 1.165) is 0 Å². The fourth-order valence-corrected chi connectivity index (χ4v) is 2.69. The summed E-state index contributed by atoms with van der Waals surface area (Å²) in [7, 11) is 0. The number of rotatable bonds is 3. The van der Waals surface area contributed by atoms with E-state index in [1.807, 2.05) is 0 Å². The molecule has 0 aromatic rings. The van der Waals surface area contributed by atoms with Gasteiger partial charge in [0.1, 0.15) is 61.0 Å². The van der Waals surface area contributed by atoms with Crippen LogP contribution in [0.25, 0.3) is 0 Å². The largest absolute Gasteiger partial charge is 0.394 e. The highest BCUT2D eigenvalue weighted by molar-refractivity contribution is 5.00. The fourth-order valence-electron chi connectivity index (χ4n) is 2.69. The predicted octanol–water partition coefficient (Wildman–Crippen LogP) is -6.01. The van der Waals surface area contributed by atoms with Crippen molar-refractivity contribution in [3.63, 3.8) is 0 Å². The van der Waals surface area contributed by atoms with E-state index in [1.54, 1.807) is 0 Å². The van der Waals surface area contributed by atoms with Crippen molar-refractivity contribution in [2.24, 2.45) is 0 Å². The van der Waals surface area contributed by atoms with Gasteiger partial charge in [0.15, 0.2) is 6.29 Å². The SMILES string of the molecule is OCC1O[C@H](OC2C(O)[C@H](O)C(O)C(O)[C@@H]2O)C(O)C(O)[C@H]1O. The van der Waals surface area contributed by atoms with Crippen molar-refractivity contribution in [2.45, 2.75) is 67.3 Å². The molecule has 2 fully saturated rings. The van der Waals surface area contributed by atoms with Gasteiger partial charge in [0, 0.05) is 0 Å². The van der Waals surface area contributed by atoms with Crippen LogP contribution in [-0.2, 0) is 9.47 Å². The minimum absolute atomic E-state index is 0.704. The normalized spacial score (nSPS) is 54.9. The van der Waals surface area contributed by atoms with E-state index in [-0.39, 0.29) is 0 Å². The molecular formula is C12H22O11. The van der Waals surface area contributed by atoms with Gasteiger partial charge in [0.05, 0.1) is 6.61 Å². The Balaban J connectivity index is 2.13. The molecule has 1 heterocycles. The lowest BCUT2D eigenvalue weighted by Crippen LogP contribution is -2.67. The highest BCUT2D eigenvalue weighted by Gasteiger charge is 2.52. The molecule has 23 heavy (non-hydrogen) atoms. The second kappa shape index (κ2) is 7.21. The summed E-state index contributed by atoms with van der Waals surface area (Å²) in [6, 6.07) is 0. The Morgan fingerprint density at radius 1 is 0.609 bits per heavy atom. The van der Waals surface area contributed by atoms with Crippen molar-refractivity contribution < 1.29 is 55.4 Å². The Morgan fingerprint density at radius 2 is 1.04 bits per heavy atom. The van der Waals surface area contributed by atoms with E-state index in [4.69, 9.17) is 14.6 Å². The monoisotopic (exact) mass is 342 g/mol. The van der Waals surface area contributed by atoms with Gasteiger partial charge in [0.2, 0.25) is 0 Å². The molecule has 11 atom stereocenters. The smallest absolute Gasteiger partial charge is 0.187 e. The third-order valence-corrected chi connectivity index (χ3v) is 4.21. The van der Waals surface area contributed by atoms with Gasteiger partial charge in [-0.2, -0.15) is 0 Å². The first-order chi connectivity index (χ1) is 10.7. The number of ether oxygens (including phenoxy) is 2. The average Bonchev–Trinajstić information content (AvgIpc) is 2.54. The molecule has 2 rings (SSSR count). The molecule has 136 valence electrons. The molecule has 11 heteroatoms. The molecule has 1 saturated heterocycles. The van der Waals surface area contributed by atoms with Gasteiger partial charge in [-0.3, -0.25) is 0 Å². The molecule has 1 aliphatic heterocycles. The quantitative estimate of drug-likeness (QED) is 0.236. The summed E-state index contributed by atoms with van der Waals surface area (Å²) in [6.45, 7) is -0.704. The topological polar surface area (TPSA) is 201 Å². The molecule has 1 saturated carbocycles. The lowest BCUT2D eigenvalue weighted by Gasteiger charge is -2.45. The standard InChI is InChI=1S/C12H22O11/c13-1-2-3(14)4(15)10(21)12(22-2)23-11-8(19)6(17)5(16)7(18)9(11)20/h2-21H,1H2/t2?,3-,4?,5?,6+,7?,8?,9-,10?,11?,12+/m0/s1. The highest BCUT2D eigenvalue weighted by atomic mass is 16.7. The Labute approximate surface area is 130 Å². The maximum Gasteiger partial charge on any atom is 0.187 e. The number of hydrogen-bond acceptors (Lipinski definition) is 11. The van der Waals surface area contributed by atoms with Crippen molar-refractivity contribution in [1.82, 2.24) is 0 Å². The predicted molar refractivity (Wildman–Crippen MR) is 68.7 cm³/mol. The first kappa shape index (κ1) is 18.9. The van der Waals surface area contributed by atoms with Crippen molar-refractivity contribution in [1.29, 1.82) is 0 Å². The summed E-state index contributed by atoms with van der Waals surface area (Å²) in [5.41, 5.74) is 0. The number of hydrogen-bond donors (Lipinski definition) is 9. The molecule has 9 N–H and O–H groups in total. The van der Waals surface area contributed by atoms with Gasteiger partial charge in [-0.05, 0) is 0 Å². The zero-order valence-electron chi connectivity index (χ0n) is 11.9. The van der Waals surface area contributed by atoms with Crippen LogP contribution in [0.2, 0.25) is 0 Å². The molecular weight excluding hydrogens is 320 g/mol. The summed E-state index contributed by atoms with van der Waals surface area (Å²) >= 11 is 0. The van der Waals surface area contributed by atoms with E-state index in [2.05, 4.69) is 0 Å². The Morgan fingerprint density at radius 3 is 1.52 bits per heavy atom. The molecule has 0 aromatic carbocycles. The van der Waals surface area contributed by atoms with Crippen LogP contribution in [0.15, 0.2) is 0 Å². The molecule has 7 unspecified atom stereocenters. The van der Waals surface area contributed by atoms with Gasteiger partial charge >= 0.3 is 0 Å². The molecule has 0 bridgehead atoms. The van der Waals surface area contributed by atoms with Crippen LogP contribution in [0.3, 0.4) is 0 Å². The van der Waals surface area contributed by atoms with Crippen LogP contribution >= 0.6 is 0 Å².